The van der Waals surface area contributed by atoms with E-state index in [9.17, 15) is 0 Å². The van der Waals surface area contributed by atoms with Crippen LogP contribution in [0.5, 0.6) is 0 Å². The van der Waals surface area contributed by atoms with E-state index in [1.165, 1.54) is 6.21 Å². The second-order valence-electron chi connectivity index (χ2n) is 5.35. The normalized spacial score (nSPS) is 10.7. The zero-order chi connectivity index (χ0) is 16.8. The molecule has 0 bridgehead atoms. The lowest BCUT2D eigenvalue weighted by molar-refractivity contribution is 0.321. The van der Waals surface area contributed by atoms with Gasteiger partial charge in [0.05, 0.1) is 11.9 Å². The molecular weight excluding hydrogens is 298 g/mol. The number of benzene rings is 2. The predicted octanol–water partition coefficient (Wildman–Crippen LogP) is 3.61. The quantitative estimate of drug-likeness (QED) is 0.255. The highest BCUT2D eigenvalue weighted by atomic mass is 16.4. The Morgan fingerprint density at radius 1 is 1.08 bits per heavy atom. The molecule has 0 aliphatic rings. The number of fused-ring (bicyclic) bond motifs is 1. The van der Waals surface area contributed by atoms with E-state index < -0.39 is 0 Å². The van der Waals surface area contributed by atoms with Crippen LogP contribution in [-0.2, 0) is 6.42 Å². The van der Waals surface area contributed by atoms with Crippen molar-refractivity contribution >= 4 is 22.7 Å². The van der Waals surface area contributed by atoms with Gasteiger partial charge in [0.15, 0.2) is 0 Å². The monoisotopic (exact) mass is 315 g/mol. The Morgan fingerprint density at radius 2 is 1.96 bits per heavy atom. The van der Waals surface area contributed by atoms with E-state index in [4.69, 9.17) is 10.9 Å². The Balaban J connectivity index is 1.71. The summed E-state index contributed by atoms with van der Waals surface area (Å²) in [5.41, 5.74) is 9.43. The van der Waals surface area contributed by atoms with Gasteiger partial charge >= 0.3 is 0 Å². The summed E-state index contributed by atoms with van der Waals surface area (Å²) < 4.78 is 0. The van der Waals surface area contributed by atoms with Gasteiger partial charge in [0.25, 0.3) is 0 Å². The van der Waals surface area contributed by atoms with E-state index in [-0.39, 0.29) is 0 Å². The van der Waals surface area contributed by atoms with Gasteiger partial charge in [0.2, 0.25) is 0 Å². The molecule has 0 aliphatic heterocycles. The number of nitrogens with zero attached hydrogens (tertiary/aromatic N) is 2. The number of oxime groups is 1. The van der Waals surface area contributed by atoms with Crippen LogP contribution in [0.3, 0.4) is 0 Å². The van der Waals surface area contributed by atoms with Crippen molar-refractivity contribution in [2.45, 2.75) is 12.8 Å². The lowest BCUT2D eigenvalue weighted by Gasteiger charge is -2.07. The molecule has 0 saturated carbocycles. The minimum Gasteiger partial charge on any atom is -0.411 e. The largest absolute Gasteiger partial charge is 0.411 e. The highest BCUT2D eigenvalue weighted by molar-refractivity contribution is 5.94. The minimum atomic E-state index is 0.572. The standard InChI is InChI=1S/C20H17N3O/c21-20-16(13-12-15-6-2-4-11-19(15)20)7-1-3-8-17-9-5-10-18(23-17)14-22-24/h2,4-6,9-14,24H,1,7,21H2. The average Bonchev–Trinajstić information content (AvgIpc) is 2.61. The van der Waals surface area contributed by atoms with Gasteiger partial charge in [-0.15, -0.1) is 0 Å². The van der Waals surface area contributed by atoms with Crippen LogP contribution >= 0.6 is 0 Å². The molecule has 0 aliphatic carbocycles. The number of nitrogens with two attached hydrogens (primary N) is 1. The van der Waals surface area contributed by atoms with Gasteiger partial charge in [-0.2, -0.15) is 0 Å². The first-order valence-corrected chi connectivity index (χ1v) is 7.67. The maximum absolute atomic E-state index is 8.53. The van der Waals surface area contributed by atoms with Crippen LogP contribution in [0.25, 0.3) is 10.8 Å². The molecule has 0 unspecified atom stereocenters. The molecule has 0 amide bonds. The lowest BCUT2D eigenvalue weighted by atomic mass is 10.0. The van der Waals surface area contributed by atoms with Crippen LogP contribution in [0, 0.1) is 11.8 Å². The third kappa shape index (κ3) is 3.53. The summed E-state index contributed by atoms with van der Waals surface area (Å²) >= 11 is 0. The highest BCUT2D eigenvalue weighted by Gasteiger charge is 2.03. The first kappa shape index (κ1) is 15.6. The van der Waals surface area contributed by atoms with Crippen molar-refractivity contribution in [3.63, 3.8) is 0 Å². The summed E-state index contributed by atoms with van der Waals surface area (Å²) in [4.78, 5) is 4.26. The summed E-state index contributed by atoms with van der Waals surface area (Å²) in [6, 6.07) is 17.7. The molecule has 0 saturated heterocycles. The van der Waals surface area contributed by atoms with Gasteiger partial charge in [0, 0.05) is 17.5 Å². The van der Waals surface area contributed by atoms with Gasteiger partial charge in [-0.3, -0.25) is 0 Å². The maximum Gasteiger partial charge on any atom is 0.113 e. The van der Waals surface area contributed by atoms with E-state index in [2.05, 4.69) is 40.2 Å². The van der Waals surface area contributed by atoms with Crippen molar-refractivity contribution in [2.24, 2.45) is 5.16 Å². The molecule has 1 aromatic heterocycles. The molecule has 3 aromatic rings. The topological polar surface area (TPSA) is 71.5 Å². The van der Waals surface area contributed by atoms with Crippen LogP contribution in [0.2, 0.25) is 0 Å². The third-order valence-electron chi connectivity index (χ3n) is 3.76. The molecular formula is C20H17N3O. The first-order valence-electron chi connectivity index (χ1n) is 7.67. The third-order valence-corrected chi connectivity index (χ3v) is 3.76. The van der Waals surface area contributed by atoms with Crippen LogP contribution in [0.1, 0.15) is 23.4 Å². The smallest absolute Gasteiger partial charge is 0.113 e. The first-order chi connectivity index (χ1) is 11.8. The average molecular weight is 315 g/mol. The van der Waals surface area contributed by atoms with Crippen LogP contribution in [-0.4, -0.2) is 16.4 Å². The zero-order valence-corrected chi connectivity index (χ0v) is 13.1. The molecule has 118 valence electrons. The number of nitrogen functional groups attached to an aromatic ring is 1. The molecule has 3 N–H and O–H groups in total. The SMILES string of the molecule is Nc1c(CCC#Cc2cccc(C=NO)n2)ccc2ccccc12. The van der Waals surface area contributed by atoms with E-state index in [0.717, 1.165) is 28.4 Å². The molecule has 0 spiro atoms. The molecule has 0 atom stereocenters. The summed E-state index contributed by atoms with van der Waals surface area (Å²) in [7, 11) is 0. The number of aromatic nitrogens is 1. The molecule has 4 nitrogen and oxygen atoms in total. The zero-order valence-electron chi connectivity index (χ0n) is 13.1. The van der Waals surface area contributed by atoms with E-state index in [1.54, 1.807) is 6.07 Å². The Labute approximate surface area is 140 Å². The number of anilines is 1. The molecule has 3 rings (SSSR count). The second kappa shape index (κ2) is 7.30. The Bertz CT molecular complexity index is 952. The van der Waals surface area contributed by atoms with Gasteiger partial charge in [-0.1, -0.05) is 53.5 Å². The maximum atomic E-state index is 8.53. The predicted molar refractivity (Wildman–Crippen MR) is 97.2 cm³/mol. The minimum absolute atomic E-state index is 0.572. The number of aryl methyl sites for hydroxylation is 1. The number of hydrogen-bond donors (Lipinski definition) is 2. The summed E-state index contributed by atoms with van der Waals surface area (Å²) in [6.07, 6.45) is 2.77. The molecule has 0 radical (unpaired) electrons. The molecule has 1 heterocycles. The van der Waals surface area contributed by atoms with Crippen LogP contribution < -0.4 is 5.73 Å². The van der Waals surface area contributed by atoms with E-state index in [0.29, 0.717) is 17.8 Å². The van der Waals surface area contributed by atoms with Crippen molar-refractivity contribution in [1.82, 2.24) is 4.98 Å². The molecule has 0 fully saturated rings. The number of pyridine rings is 1. The van der Waals surface area contributed by atoms with Crippen LogP contribution in [0.4, 0.5) is 5.69 Å². The summed E-state index contributed by atoms with van der Waals surface area (Å²) in [5, 5.41) is 13.7. The van der Waals surface area contributed by atoms with Crippen molar-refractivity contribution in [3.8, 4) is 11.8 Å². The molecule has 2 aromatic carbocycles. The van der Waals surface area contributed by atoms with Crippen molar-refractivity contribution in [1.29, 1.82) is 0 Å². The van der Waals surface area contributed by atoms with Crippen molar-refractivity contribution in [3.05, 3.63) is 71.5 Å². The van der Waals surface area contributed by atoms with Crippen molar-refractivity contribution in [2.75, 3.05) is 5.73 Å². The summed E-state index contributed by atoms with van der Waals surface area (Å²) in [5.74, 6) is 6.14. The fourth-order valence-corrected chi connectivity index (χ4v) is 2.56. The Morgan fingerprint density at radius 3 is 2.83 bits per heavy atom. The molecule has 4 heteroatoms. The summed E-state index contributed by atoms with van der Waals surface area (Å²) in [6.45, 7) is 0. The molecule has 24 heavy (non-hydrogen) atoms. The van der Waals surface area contributed by atoms with Crippen molar-refractivity contribution < 1.29 is 5.21 Å². The highest BCUT2D eigenvalue weighted by Crippen LogP contribution is 2.25. The number of rotatable bonds is 3. The van der Waals surface area contributed by atoms with Crippen LogP contribution in [0.15, 0.2) is 59.8 Å². The second-order valence-corrected chi connectivity index (χ2v) is 5.35. The van der Waals surface area contributed by atoms with Gasteiger partial charge in [-0.05, 0) is 35.4 Å². The van der Waals surface area contributed by atoms with Gasteiger partial charge < -0.3 is 10.9 Å². The fraction of sp³-hybridized carbons (Fsp3) is 0.100. The van der Waals surface area contributed by atoms with E-state index in [1.807, 2.05) is 30.3 Å². The lowest BCUT2D eigenvalue weighted by Crippen LogP contribution is -1.95. The van der Waals surface area contributed by atoms with Gasteiger partial charge in [0.1, 0.15) is 5.69 Å². The fourth-order valence-electron chi connectivity index (χ4n) is 2.56. The Hall–Kier alpha value is -3.32. The number of hydrogen-bond acceptors (Lipinski definition) is 4. The Kier molecular flexibility index (Phi) is 4.73. The van der Waals surface area contributed by atoms with E-state index >= 15 is 0 Å². The van der Waals surface area contributed by atoms with Gasteiger partial charge in [-0.25, -0.2) is 4.98 Å².